The van der Waals surface area contributed by atoms with E-state index < -0.39 is 97.5 Å². The van der Waals surface area contributed by atoms with Crippen molar-refractivity contribution in [2.45, 2.75) is 343 Å². The summed E-state index contributed by atoms with van der Waals surface area (Å²) in [4.78, 5) is 72.4. The van der Waals surface area contributed by atoms with Crippen LogP contribution >= 0.6 is 15.6 Å². The monoisotopic (exact) mass is 1270 g/mol. The van der Waals surface area contributed by atoms with Crippen LogP contribution < -0.4 is 0 Å². The van der Waals surface area contributed by atoms with Crippen molar-refractivity contribution in [1.29, 1.82) is 0 Å². The number of carbonyl (C=O) groups excluding carboxylic acids is 4. The Balaban J connectivity index is 5.27. The second-order valence-electron chi connectivity index (χ2n) is 25.6. The molecule has 0 rings (SSSR count). The first-order valence-corrected chi connectivity index (χ1v) is 37.8. The first-order valence-electron chi connectivity index (χ1n) is 34.8. The fourth-order valence-corrected chi connectivity index (χ4v) is 11.5. The maximum atomic E-state index is 13.0. The fraction of sp³-hybridized carbons (Fsp3) is 0.940. The predicted octanol–water partition coefficient (Wildman–Crippen LogP) is 18.5. The first kappa shape index (κ1) is 84.1. The van der Waals surface area contributed by atoms with Crippen molar-refractivity contribution in [3.05, 3.63) is 0 Å². The van der Waals surface area contributed by atoms with Gasteiger partial charge in [0.1, 0.15) is 19.3 Å². The number of esters is 4. The number of phosphoric acid groups is 2. The van der Waals surface area contributed by atoms with Gasteiger partial charge in [0, 0.05) is 25.7 Å². The molecule has 0 heterocycles. The van der Waals surface area contributed by atoms with Crippen LogP contribution in [0.15, 0.2) is 0 Å². The molecule has 3 N–H and O–H groups in total. The molecule has 86 heavy (non-hydrogen) atoms. The highest BCUT2D eigenvalue weighted by atomic mass is 31.2. The lowest BCUT2D eigenvalue weighted by Crippen LogP contribution is -2.30. The van der Waals surface area contributed by atoms with E-state index in [1.807, 2.05) is 0 Å². The lowest BCUT2D eigenvalue weighted by molar-refractivity contribution is -0.161. The Labute approximate surface area is 524 Å². The van der Waals surface area contributed by atoms with E-state index in [-0.39, 0.29) is 25.7 Å². The molecule has 0 saturated carbocycles. The van der Waals surface area contributed by atoms with E-state index in [2.05, 4.69) is 55.4 Å². The van der Waals surface area contributed by atoms with Crippen molar-refractivity contribution < 1.29 is 80.2 Å². The Hall–Kier alpha value is -1.94. The van der Waals surface area contributed by atoms with Crippen molar-refractivity contribution in [2.24, 2.45) is 23.7 Å². The molecule has 0 saturated heterocycles. The van der Waals surface area contributed by atoms with Crippen LogP contribution in [0.4, 0.5) is 0 Å². The van der Waals surface area contributed by atoms with Crippen LogP contribution in [0.1, 0.15) is 325 Å². The van der Waals surface area contributed by atoms with Crippen molar-refractivity contribution >= 4 is 39.5 Å². The van der Waals surface area contributed by atoms with Crippen molar-refractivity contribution in [3.8, 4) is 0 Å². The molecular weight excluding hydrogens is 1140 g/mol. The number of hydrogen-bond donors (Lipinski definition) is 3. The van der Waals surface area contributed by atoms with Gasteiger partial charge in [0.2, 0.25) is 0 Å². The zero-order chi connectivity index (χ0) is 63.9. The molecule has 0 aromatic heterocycles. The zero-order valence-corrected chi connectivity index (χ0v) is 57.7. The van der Waals surface area contributed by atoms with Crippen LogP contribution in [-0.4, -0.2) is 96.7 Å². The average Bonchev–Trinajstić information content (AvgIpc) is 3.64. The van der Waals surface area contributed by atoms with Gasteiger partial charge in [0.25, 0.3) is 0 Å². The van der Waals surface area contributed by atoms with Gasteiger partial charge in [-0.05, 0) is 49.4 Å². The lowest BCUT2D eigenvalue weighted by Gasteiger charge is -2.21. The Bertz CT molecular complexity index is 1720. The topological polar surface area (TPSA) is 237 Å². The van der Waals surface area contributed by atoms with Gasteiger partial charge in [-0.2, -0.15) is 0 Å². The van der Waals surface area contributed by atoms with Gasteiger partial charge in [-0.25, -0.2) is 9.13 Å². The largest absolute Gasteiger partial charge is 0.472 e. The van der Waals surface area contributed by atoms with E-state index in [4.69, 9.17) is 37.0 Å². The number of phosphoric ester groups is 2. The van der Waals surface area contributed by atoms with Crippen molar-refractivity contribution in [3.63, 3.8) is 0 Å². The maximum absolute atomic E-state index is 13.0. The maximum Gasteiger partial charge on any atom is 0.472 e. The SMILES string of the molecule is CCC(C)CCCCCCCCCCC(=O)O[C@H](COC(=O)CCCCCCCCCC(C)C)COP(=O)(O)OC[C@@H](O)COP(=O)(O)OC[C@@H](COC(=O)CCCCCCCCC(C)CC)OC(=O)CCCCCCCCCCCCCC(C)C. The Morgan fingerprint density at radius 3 is 0.826 bits per heavy atom. The Morgan fingerprint density at radius 2 is 0.558 bits per heavy atom. The number of aliphatic hydroxyl groups excluding tert-OH is 1. The predicted molar refractivity (Wildman–Crippen MR) is 344 cm³/mol. The third-order valence-electron chi connectivity index (χ3n) is 16.0. The first-order chi connectivity index (χ1) is 41.2. The average molecular weight is 1270 g/mol. The molecule has 0 radical (unpaired) electrons. The second-order valence-corrected chi connectivity index (χ2v) is 28.6. The number of rotatable bonds is 64. The minimum atomic E-state index is -4.95. The van der Waals surface area contributed by atoms with Crippen molar-refractivity contribution in [2.75, 3.05) is 39.6 Å². The molecule has 0 spiro atoms. The molecule has 4 unspecified atom stereocenters. The summed E-state index contributed by atoms with van der Waals surface area (Å²) in [7, 11) is -9.90. The number of aliphatic hydroxyl groups is 1. The van der Waals surface area contributed by atoms with Gasteiger partial charge in [0.05, 0.1) is 26.4 Å². The standard InChI is InChI=1S/C67H130O17P2/c1-9-59(7)45-37-29-21-16-17-23-34-42-50-67(72)84-62(53-77-64(69)47-39-31-24-18-20-28-36-44-58(5)6)55-81-85(73,74)79-51-61(68)52-80-86(75,76)82-56-63(54-78-65(70)48-40-32-26-25-30-38-46-60(8)10-2)83-66(71)49-41-33-22-15-13-11-12-14-19-27-35-43-57(3)4/h57-63,68H,9-56H2,1-8H3,(H,73,74)(H,75,76)/t59?,60?,61-,62-,63-/m1/s1. The van der Waals surface area contributed by atoms with Crippen molar-refractivity contribution in [1.82, 2.24) is 0 Å². The molecule has 0 aliphatic carbocycles. The smallest absolute Gasteiger partial charge is 0.462 e. The van der Waals surface area contributed by atoms with E-state index >= 15 is 0 Å². The summed E-state index contributed by atoms with van der Waals surface area (Å²) in [6.07, 6.45) is 37.6. The van der Waals surface area contributed by atoms with Gasteiger partial charge >= 0.3 is 39.5 Å². The van der Waals surface area contributed by atoms with Crippen LogP contribution in [0.25, 0.3) is 0 Å². The molecule has 0 aromatic carbocycles. The van der Waals surface area contributed by atoms with E-state index in [9.17, 15) is 43.2 Å². The molecule has 19 heteroatoms. The molecule has 0 amide bonds. The van der Waals surface area contributed by atoms with E-state index in [0.717, 1.165) is 120 Å². The third-order valence-corrected chi connectivity index (χ3v) is 17.9. The summed E-state index contributed by atoms with van der Waals surface area (Å²) in [6, 6.07) is 0. The Morgan fingerprint density at radius 1 is 0.326 bits per heavy atom. The van der Waals surface area contributed by atoms with Crippen LogP contribution in [0.2, 0.25) is 0 Å². The highest BCUT2D eigenvalue weighted by molar-refractivity contribution is 7.47. The zero-order valence-electron chi connectivity index (χ0n) is 55.9. The summed E-state index contributed by atoms with van der Waals surface area (Å²) < 4.78 is 68.1. The van der Waals surface area contributed by atoms with Gasteiger partial charge in [-0.3, -0.25) is 37.3 Å². The molecule has 510 valence electrons. The summed E-state index contributed by atoms with van der Waals surface area (Å²) in [5.41, 5.74) is 0. The molecule has 0 aliphatic rings. The van der Waals surface area contributed by atoms with Crippen LogP contribution in [0.5, 0.6) is 0 Å². The number of hydrogen-bond acceptors (Lipinski definition) is 15. The number of carbonyl (C=O) groups is 4. The van der Waals surface area contributed by atoms with Gasteiger partial charge < -0.3 is 33.8 Å². The molecule has 0 aromatic rings. The minimum Gasteiger partial charge on any atom is -0.462 e. The molecule has 7 atom stereocenters. The van der Waals surface area contributed by atoms with Gasteiger partial charge in [-0.1, -0.05) is 274 Å². The van der Waals surface area contributed by atoms with Gasteiger partial charge in [0.15, 0.2) is 12.2 Å². The number of ether oxygens (including phenoxy) is 4. The summed E-state index contributed by atoms with van der Waals surface area (Å²) in [6.45, 7) is 14.0. The van der Waals surface area contributed by atoms with E-state index in [1.54, 1.807) is 0 Å². The van der Waals surface area contributed by atoms with Crippen LogP contribution in [-0.2, 0) is 65.4 Å². The summed E-state index contributed by atoms with van der Waals surface area (Å²) in [5, 5.41) is 10.6. The quantitative estimate of drug-likeness (QED) is 0.0222. The second kappa shape index (κ2) is 57.0. The highest BCUT2D eigenvalue weighted by Gasteiger charge is 2.30. The molecule has 0 bridgehead atoms. The van der Waals surface area contributed by atoms with Gasteiger partial charge in [-0.15, -0.1) is 0 Å². The normalized spacial score (nSPS) is 15.0. The Kier molecular flexibility index (Phi) is 55.7. The summed E-state index contributed by atoms with van der Waals surface area (Å²) in [5.74, 6) is 0.834. The molecule has 17 nitrogen and oxygen atoms in total. The minimum absolute atomic E-state index is 0.103. The van der Waals surface area contributed by atoms with Crippen LogP contribution in [0, 0.1) is 23.7 Å². The molecular formula is C67H130O17P2. The molecule has 0 aliphatic heterocycles. The highest BCUT2D eigenvalue weighted by Crippen LogP contribution is 2.45. The summed E-state index contributed by atoms with van der Waals surface area (Å²) >= 11 is 0. The fourth-order valence-electron chi connectivity index (χ4n) is 9.89. The van der Waals surface area contributed by atoms with Crippen LogP contribution in [0.3, 0.4) is 0 Å². The third kappa shape index (κ3) is 58.4. The lowest BCUT2D eigenvalue weighted by atomic mass is 9.99. The number of unbranched alkanes of at least 4 members (excludes halogenated alkanes) is 28. The molecule has 0 fully saturated rings. The van der Waals surface area contributed by atoms with E-state index in [0.29, 0.717) is 31.6 Å². The van der Waals surface area contributed by atoms with E-state index in [1.165, 1.54) is 116 Å².